The lowest BCUT2D eigenvalue weighted by Gasteiger charge is -1.90. The molecule has 0 bridgehead atoms. The van der Waals surface area contributed by atoms with Crippen LogP contribution in [0, 0.1) is 12.7 Å². The molecule has 1 aromatic carbocycles. The maximum atomic E-state index is 12.8. The fourth-order valence-corrected chi connectivity index (χ4v) is 1.32. The van der Waals surface area contributed by atoms with Gasteiger partial charge in [0.2, 0.25) is 0 Å². The summed E-state index contributed by atoms with van der Waals surface area (Å²) >= 11 is 0. The number of halogens is 1. The summed E-state index contributed by atoms with van der Waals surface area (Å²) in [5, 5.41) is 0.757. The molecule has 0 aliphatic rings. The number of aromatic nitrogens is 1. The maximum absolute atomic E-state index is 12.8. The summed E-state index contributed by atoms with van der Waals surface area (Å²) in [5.41, 5.74) is 8.10. The SMILES string of the molecule is Cc1[nH]c2ccc(F)cc2c1N. The molecular weight excluding hydrogens is 155 g/mol. The molecular formula is C9H9FN2. The molecule has 0 radical (unpaired) electrons. The minimum Gasteiger partial charge on any atom is -0.397 e. The number of anilines is 1. The molecule has 2 aromatic rings. The van der Waals surface area contributed by atoms with Crippen LogP contribution in [-0.2, 0) is 0 Å². The van der Waals surface area contributed by atoms with E-state index in [1.807, 2.05) is 6.92 Å². The lowest BCUT2D eigenvalue weighted by atomic mass is 10.2. The zero-order valence-corrected chi connectivity index (χ0v) is 6.69. The van der Waals surface area contributed by atoms with E-state index in [9.17, 15) is 4.39 Å². The zero-order chi connectivity index (χ0) is 8.72. The van der Waals surface area contributed by atoms with E-state index in [1.165, 1.54) is 12.1 Å². The summed E-state index contributed by atoms with van der Waals surface area (Å²) in [5.74, 6) is -0.256. The number of benzene rings is 1. The van der Waals surface area contributed by atoms with Crippen molar-refractivity contribution in [3.05, 3.63) is 29.7 Å². The summed E-state index contributed by atoms with van der Waals surface area (Å²) in [6.45, 7) is 1.87. The van der Waals surface area contributed by atoms with Gasteiger partial charge in [-0.3, -0.25) is 0 Å². The van der Waals surface area contributed by atoms with Crippen LogP contribution in [0.15, 0.2) is 18.2 Å². The number of nitrogens with two attached hydrogens (primary N) is 1. The van der Waals surface area contributed by atoms with Gasteiger partial charge < -0.3 is 10.7 Å². The molecule has 1 heterocycles. The number of aromatic amines is 1. The number of fused-ring (bicyclic) bond motifs is 1. The summed E-state index contributed by atoms with van der Waals surface area (Å²) in [7, 11) is 0. The number of aryl methyl sites for hydroxylation is 1. The Bertz CT molecular complexity index is 431. The van der Waals surface area contributed by atoms with E-state index in [-0.39, 0.29) is 5.82 Å². The minimum absolute atomic E-state index is 0.256. The monoisotopic (exact) mass is 164 g/mol. The largest absolute Gasteiger partial charge is 0.397 e. The normalized spacial score (nSPS) is 10.8. The van der Waals surface area contributed by atoms with Gasteiger partial charge in [-0.25, -0.2) is 4.39 Å². The number of hydrogen-bond acceptors (Lipinski definition) is 1. The Morgan fingerprint density at radius 2 is 2.17 bits per heavy atom. The fourth-order valence-electron chi connectivity index (χ4n) is 1.32. The predicted octanol–water partition coefficient (Wildman–Crippen LogP) is 2.20. The van der Waals surface area contributed by atoms with Crippen LogP contribution in [-0.4, -0.2) is 4.98 Å². The van der Waals surface area contributed by atoms with Gasteiger partial charge >= 0.3 is 0 Å². The van der Waals surface area contributed by atoms with Crippen LogP contribution < -0.4 is 5.73 Å². The highest BCUT2D eigenvalue weighted by Crippen LogP contribution is 2.24. The van der Waals surface area contributed by atoms with Crippen molar-refractivity contribution in [2.24, 2.45) is 0 Å². The van der Waals surface area contributed by atoms with E-state index in [1.54, 1.807) is 6.07 Å². The number of hydrogen-bond donors (Lipinski definition) is 2. The second kappa shape index (κ2) is 2.24. The molecule has 1 aromatic heterocycles. The quantitative estimate of drug-likeness (QED) is 0.615. The van der Waals surface area contributed by atoms with E-state index in [2.05, 4.69) is 4.98 Å². The van der Waals surface area contributed by atoms with E-state index in [4.69, 9.17) is 5.73 Å². The highest BCUT2D eigenvalue weighted by molar-refractivity contribution is 5.92. The van der Waals surface area contributed by atoms with Gasteiger partial charge in [0.25, 0.3) is 0 Å². The van der Waals surface area contributed by atoms with E-state index < -0.39 is 0 Å². The molecule has 0 spiro atoms. The van der Waals surface area contributed by atoms with Crippen LogP contribution in [0.4, 0.5) is 10.1 Å². The van der Waals surface area contributed by atoms with E-state index in [0.717, 1.165) is 16.6 Å². The molecule has 0 unspecified atom stereocenters. The first kappa shape index (κ1) is 7.16. The standard InChI is InChI=1S/C9H9FN2/c1-5-9(11)7-4-6(10)2-3-8(7)12-5/h2-4,12H,11H2,1H3. The van der Waals surface area contributed by atoms with Gasteiger partial charge in [0.05, 0.1) is 5.69 Å². The molecule has 2 nitrogen and oxygen atoms in total. The van der Waals surface area contributed by atoms with Gasteiger partial charge in [-0.05, 0) is 25.1 Å². The van der Waals surface area contributed by atoms with Crippen LogP contribution in [0.2, 0.25) is 0 Å². The highest BCUT2D eigenvalue weighted by atomic mass is 19.1. The first-order chi connectivity index (χ1) is 5.68. The third kappa shape index (κ3) is 0.863. The molecule has 3 heteroatoms. The first-order valence-corrected chi connectivity index (χ1v) is 3.72. The van der Waals surface area contributed by atoms with Gasteiger partial charge in [-0.1, -0.05) is 0 Å². The smallest absolute Gasteiger partial charge is 0.124 e. The number of rotatable bonds is 0. The third-order valence-electron chi connectivity index (χ3n) is 2.00. The molecule has 0 atom stereocenters. The van der Waals surface area contributed by atoms with Crippen molar-refractivity contribution in [1.29, 1.82) is 0 Å². The Morgan fingerprint density at radius 1 is 1.42 bits per heavy atom. The van der Waals surface area contributed by atoms with Gasteiger partial charge in [-0.15, -0.1) is 0 Å². The number of nitrogen functional groups attached to an aromatic ring is 1. The van der Waals surface area contributed by atoms with E-state index in [0.29, 0.717) is 5.69 Å². The second-order valence-electron chi connectivity index (χ2n) is 2.85. The van der Waals surface area contributed by atoms with Crippen molar-refractivity contribution in [1.82, 2.24) is 4.98 Å². The lowest BCUT2D eigenvalue weighted by Crippen LogP contribution is -1.84. The Morgan fingerprint density at radius 3 is 2.92 bits per heavy atom. The molecule has 0 aliphatic heterocycles. The van der Waals surface area contributed by atoms with Crippen LogP contribution >= 0.6 is 0 Å². The molecule has 12 heavy (non-hydrogen) atoms. The van der Waals surface area contributed by atoms with Crippen molar-refractivity contribution in [2.75, 3.05) is 5.73 Å². The number of H-pyrrole nitrogens is 1. The third-order valence-corrected chi connectivity index (χ3v) is 2.00. The topological polar surface area (TPSA) is 41.8 Å². The van der Waals surface area contributed by atoms with Gasteiger partial charge in [-0.2, -0.15) is 0 Å². The molecule has 0 aliphatic carbocycles. The summed E-state index contributed by atoms with van der Waals surface area (Å²) in [6.07, 6.45) is 0. The number of nitrogens with one attached hydrogen (secondary N) is 1. The Labute approximate surface area is 69.2 Å². The lowest BCUT2D eigenvalue weighted by molar-refractivity contribution is 0.630. The molecule has 0 saturated carbocycles. The van der Waals surface area contributed by atoms with Crippen molar-refractivity contribution in [2.45, 2.75) is 6.92 Å². The first-order valence-electron chi connectivity index (χ1n) is 3.72. The van der Waals surface area contributed by atoms with Gasteiger partial charge in [0, 0.05) is 16.6 Å². The van der Waals surface area contributed by atoms with Gasteiger partial charge in [0.15, 0.2) is 0 Å². The zero-order valence-electron chi connectivity index (χ0n) is 6.69. The van der Waals surface area contributed by atoms with Crippen LogP contribution in [0.25, 0.3) is 10.9 Å². The Hall–Kier alpha value is -1.51. The summed E-state index contributed by atoms with van der Waals surface area (Å²) in [4.78, 5) is 3.06. The van der Waals surface area contributed by atoms with Crippen LogP contribution in [0.3, 0.4) is 0 Å². The van der Waals surface area contributed by atoms with Crippen molar-refractivity contribution >= 4 is 16.6 Å². The highest BCUT2D eigenvalue weighted by Gasteiger charge is 2.04. The van der Waals surface area contributed by atoms with Gasteiger partial charge in [0.1, 0.15) is 5.82 Å². The van der Waals surface area contributed by atoms with Crippen LogP contribution in [0.5, 0.6) is 0 Å². The average Bonchev–Trinajstić information content (AvgIpc) is 2.31. The fraction of sp³-hybridized carbons (Fsp3) is 0.111. The van der Waals surface area contributed by atoms with Crippen molar-refractivity contribution < 1.29 is 4.39 Å². The molecule has 0 fully saturated rings. The molecule has 2 rings (SSSR count). The molecule has 0 amide bonds. The minimum atomic E-state index is -0.256. The Kier molecular flexibility index (Phi) is 1.33. The van der Waals surface area contributed by atoms with Crippen molar-refractivity contribution in [3.8, 4) is 0 Å². The molecule has 0 saturated heterocycles. The predicted molar refractivity (Wildman–Crippen MR) is 47.4 cm³/mol. The van der Waals surface area contributed by atoms with Crippen LogP contribution in [0.1, 0.15) is 5.69 Å². The molecule has 3 N–H and O–H groups in total. The summed E-state index contributed by atoms with van der Waals surface area (Å²) < 4.78 is 12.8. The maximum Gasteiger partial charge on any atom is 0.124 e. The summed E-state index contributed by atoms with van der Waals surface area (Å²) in [6, 6.07) is 4.54. The van der Waals surface area contributed by atoms with Crippen molar-refractivity contribution in [3.63, 3.8) is 0 Å². The van der Waals surface area contributed by atoms with E-state index >= 15 is 0 Å². The molecule has 62 valence electrons. The second-order valence-corrected chi connectivity index (χ2v) is 2.85. The Balaban J connectivity index is 2.88. The average molecular weight is 164 g/mol.